The summed E-state index contributed by atoms with van der Waals surface area (Å²) in [4.78, 5) is 12.5. The second-order valence-electron chi connectivity index (χ2n) is 8.15. The van der Waals surface area contributed by atoms with Gasteiger partial charge < -0.3 is 4.74 Å². The molecule has 0 unspecified atom stereocenters. The molecule has 0 aromatic heterocycles. The van der Waals surface area contributed by atoms with Crippen LogP contribution in [0.2, 0.25) is 0 Å². The van der Waals surface area contributed by atoms with Gasteiger partial charge in [-0.1, -0.05) is 55.8 Å². The third-order valence-corrected chi connectivity index (χ3v) is 5.45. The Labute approximate surface area is 167 Å². The van der Waals surface area contributed by atoms with E-state index in [1.807, 2.05) is 33.8 Å². The van der Waals surface area contributed by atoms with Gasteiger partial charge >= 0.3 is 5.97 Å². The fourth-order valence-electron chi connectivity index (χ4n) is 3.70. The maximum atomic E-state index is 14.9. The lowest BCUT2D eigenvalue weighted by Crippen LogP contribution is -2.14. The lowest BCUT2D eigenvalue weighted by atomic mass is 10.0. The van der Waals surface area contributed by atoms with Crippen molar-refractivity contribution in [3.63, 3.8) is 0 Å². The molecule has 29 heavy (non-hydrogen) atoms. The van der Waals surface area contributed by atoms with Crippen LogP contribution < -0.4 is 0 Å². The number of rotatable bonds is 5. The van der Waals surface area contributed by atoms with Gasteiger partial charge in [0.25, 0.3) is 0 Å². The third kappa shape index (κ3) is 3.80. The highest BCUT2D eigenvalue weighted by Gasteiger charge is 2.61. The van der Waals surface area contributed by atoms with Gasteiger partial charge in [-0.05, 0) is 30.7 Å². The number of hydrogen-bond donors (Lipinski definition) is 0. The van der Waals surface area contributed by atoms with Gasteiger partial charge in [-0.3, -0.25) is 4.79 Å². The Kier molecular flexibility index (Phi) is 5.57. The number of esters is 1. The van der Waals surface area contributed by atoms with Gasteiger partial charge in [0.05, 0.1) is 17.0 Å². The zero-order chi connectivity index (χ0) is 21.5. The molecule has 0 spiro atoms. The second-order valence-corrected chi connectivity index (χ2v) is 8.15. The molecule has 0 aliphatic heterocycles. The summed E-state index contributed by atoms with van der Waals surface area (Å²) >= 11 is 0. The van der Waals surface area contributed by atoms with E-state index in [0.717, 1.165) is 5.57 Å². The molecule has 2 aromatic carbocycles. The van der Waals surface area contributed by atoms with Crippen molar-refractivity contribution in [3.8, 4) is 11.1 Å². The number of allylic oxidation sites excluding steroid dienone is 2. The summed E-state index contributed by atoms with van der Waals surface area (Å²) in [5.74, 6) is -7.51. The molecule has 0 bridgehead atoms. The van der Waals surface area contributed by atoms with Crippen molar-refractivity contribution in [3.05, 3.63) is 70.8 Å². The number of halogens is 4. The highest BCUT2D eigenvalue weighted by atomic mass is 19.2. The van der Waals surface area contributed by atoms with Gasteiger partial charge in [0.15, 0.2) is 17.5 Å². The van der Waals surface area contributed by atoms with E-state index in [-0.39, 0.29) is 16.9 Å². The molecule has 0 heterocycles. The van der Waals surface area contributed by atoms with Crippen molar-refractivity contribution in [2.75, 3.05) is 0 Å². The number of benzene rings is 2. The van der Waals surface area contributed by atoms with E-state index in [1.165, 1.54) is 24.3 Å². The Bertz CT molecular complexity index is 976. The van der Waals surface area contributed by atoms with Crippen LogP contribution in [0.15, 0.2) is 42.0 Å². The fraction of sp³-hybridized carbons (Fsp3) is 0.348. The Morgan fingerprint density at radius 2 is 1.62 bits per heavy atom. The molecule has 2 atom stereocenters. The summed E-state index contributed by atoms with van der Waals surface area (Å²) < 4.78 is 62.5. The molecule has 1 aliphatic rings. The van der Waals surface area contributed by atoms with E-state index < -0.39 is 52.9 Å². The van der Waals surface area contributed by atoms with Crippen molar-refractivity contribution >= 4 is 5.97 Å². The van der Waals surface area contributed by atoms with Crippen LogP contribution in [-0.4, -0.2) is 5.97 Å². The monoisotopic (exact) mass is 406 g/mol. The predicted octanol–water partition coefficient (Wildman–Crippen LogP) is 6.19. The Balaban J connectivity index is 1.88. The molecule has 154 valence electrons. The summed E-state index contributed by atoms with van der Waals surface area (Å²) in [6, 6.07) is 7.43. The van der Waals surface area contributed by atoms with Gasteiger partial charge in [-0.25, -0.2) is 17.6 Å². The Morgan fingerprint density at radius 3 is 2.21 bits per heavy atom. The van der Waals surface area contributed by atoms with Crippen molar-refractivity contribution < 1.29 is 27.1 Å². The van der Waals surface area contributed by atoms with E-state index >= 15 is 0 Å². The van der Waals surface area contributed by atoms with Crippen molar-refractivity contribution in [1.29, 1.82) is 0 Å². The van der Waals surface area contributed by atoms with Crippen molar-refractivity contribution in [2.24, 2.45) is 17.3 Å². The van der Waals surface area contributed by atoms with E-state index in [1.54, 1.807) is 6.07 Å². The summed E-state index contributed by atoms with van der Waals surface area (Å²) in [5, 5.41) is 0. The van der Waals surface area contributed by atoms with Crippen LogP contribution in [0.4, 0.5) is 17.6 Å². The van der Waals surface area contributed by atoms with Crippen molar-refractivity contribution in [2.45, 2.75) is 34.3 Å². The first-order chi connectivity index (χ1) is 13.6. The minimum Gasteiger partial charge on any atom is -0.460 e. The van der Waals surface area contributed by atoms with Crippen molar-refractivity contribution in [1.82, 2.24) is 0 Å². The highest BCUT2D eigenvalue weighted by molar-refractivity contribution is 5.78. The van der Waals surface area contributed by atoms with Crippen LogP contribution in [-0.2, 0) is 16.1 Å². The molecule has 0 N–H and O–H groups in total. The Hall–Kier alpha value is -2.63. The first-order valence-electron chi connectivity index (χ1n) is 9.29. The molecule has 2 aromatic rings. The van der Waals surface area contributed by atoms with Crippen LogP contribution in [0.1, 0.15) is 33.3 Å². The first-order valence-corrected chi connectivity index (χ1v) is 9.29. The normalized spacial score (nSPS) is 19.6. The van der Waals surface area contributed by atoms with E-state index in [0.29, 0.717) is 0 Å². The molecule has 1 aliphatic carbocycles. The topological polar surface area (TPSA) is 26.3 Å². The number of carbonyl (C=O) groups is 1. The van der Waals surface area contributed by atoms with Gasteiger partial charge in [0.2, 0.25) is 0 Å². The standard InChI is InChI=1S/C23H22F4O2/c1-12(2)10-15-17(23(15,3)4)22(28)29-11-14-18(24)16(13-8-6-5-7-9-13)20(26)21(27)19(14)25/h5-10,15,17H,11H2,1-4H3/t15-,17-/m1/s1. The predicted molar refractivity (Wildman–Crippen MR) is 102 cm³/mol. The van der Waals surface area contributed by atoms with E-state index in [2.05, 4.69) is 0 Å². The molecule has 6 heteroatoms. The molecule has 1 fully saturated rings. The molecular weight excluding hydrogens is 384 g/mol. The SMILES string of the molecule is CC(C)=C[C@@H]1[C@H](C(=O)OCc2c(F)c(F)c(F)c(-c3ccccc3)c2F)C1(C)C. The van der Waals surface area contributed by atoms with Crippen LogP contribution >= 0.6 is 0 Å². The summed E-state index contributed by atoms with van der Waals surface area (Å²) in [6.45, 7) is 6.80. The average Bonchev–Trinajstić information content (AvgIpc) is 3.20. The number of carbonyl (C=O) groups excluding carboxylic acids is 1. The van der Waals surface area contributed by atoms with Crippen LogP contribution in [0.25, 0.3) is 11.1 Å². The van der Waals surface area contributed by atoms with Crippen LogP contribution in [0.3, 0.4) is 0 Å². The number of hydrogen-bond acceptors (Lipinski definition) is 2. The van der Waals surface area contributed by atoms with Crippen LogP contribution in [0.5, 0.6) is 0 Å². The highest BCUT2D eigenvalue weighted by Crippen LogP contribution is 2.59. The third-order valence-electron chi connectivity index (χ3n) is 5.45. The smallest absolute Gasteiger partial charge is 0.310 e. The van der Waals surface area contributed by atoms with Crippen LogP contribution in [0, 0.1) is 40.5 Å². The van der Waals surface area contributed by atoms with E-state index in [9.17, 15) is 22.4 Å². The molecule has 0 saturated heterocycles. The lowest BCUT2D eigenvalue weighted by Gasteiger charge is -2.13. The fourth-order valence-corrected chi connectivity index (χ4v) is 3.70. The average molecular weight is 406 g/mol. The largest absolute Gasteiger partial charge is 0.460 e. The molecule has 3 rings (SSSR count). The Morgan fingerprint density at radius 1 is 1.00 bits per heavy atom. The summed E-state index contributed by atoms with van der Waals surface area (Å²) in [5.41, 5.74) is -0.739. The summed E-state index contributed by atoms with van der Waals surface area (Å²) in [7, 11) is 0. The van der Waals surface area contributed by atoms with Gasteiger partial charge in [-0.2, -0.15) is 0 Å². The molecule has 0 amide bonds. The van der Waals surface area contributed by atoms with Gasteiger partial charge in [-0.15, -0.1) is 0 Å². The lowest BCUT2D eigenvalue weighted by molar-refractivity contribution is -0.147. The van der Waals surface area contributed by atoms with Gasteiger partial charge in [0.1, 0.15) is 12.4 Å². The first kappa shape index (κ1) is 21.1. The summed E-state index contributed by atoms with van der Waals surface area (Å²) in [6.07, 6.45) is 1.96. The minimum absolute atomic E-state index is 0.0421. The molecule has 2 nitrogen and oxygen atoms in total. The molecule has 0 radical (unpaired) electrons. The molecular formula is C23H22F4O2. The quantitative estimate of drug-likeness (QED) is 0.195. The zero-order valence-electron chi connectivity index (χ0n) is 16.7. The maximum absolute atomic E-state index is 14.9. The number of ether oxygens (including phenoxy) is 1. The molecule has 1 saturated carbocycles. The second kappa shape index (κ2) is 7.65. The maximum Gasteiger partial charge on any atom is 0.310 e. The van der Waals surface area contributed by atoms with Gasteiger partial charge in [0, 0.05) is 0 Å². The van der Waals surface area contributed by atoms with E-state index in [4.69, 9.17) is 4.74 Å². The minimum atomic E-state index is -1.80. The zero-order valence-corrected chi connectivity index (χ0v) is 16.7.